The van der Waals surface area contributed by atoms with Gasteiger partial charge in [0, 0.05) is 13.1 Å². The number of hydrogen-bond acceptors (Lipinski definition) is 9. The number of fused-ring (bicyclic) bond motifs is 1. The molecule has 2 aromatic carbocycles. The second-order valence-corrected chi connectivity index (χ2v) is 7.40. The summed E-state index contributed by atoms with van der Waals surface area (Å²) in [6.07, 6.45) is 0.958. The summed E-state index contributed by atoms with van der Waals surface area (Å²) < 4.78 is 5.57. The molecule has 32 heavy (non-hydrogen) atoms. The summed E-state index contributed by atoms with van der Waals surface area (Å²) in [5.41, 5.74) is 8.78. The smallest absolute Gasteiger partial charge is 0.273 e. The van der Waals surface area contributed by atoms with Crippen LogP contribution in [0.1, 0.15) is 28.5 Å². The largest absolute Gasteiger partial charge is 0.506 e. The Morgan fingerprint density at radius 1 is 1.19 bits per heavy atom. The number of rotatable bonds is 7. The summed E-state index contributed by atoms with van der Waals surface area (Å²) in [5, 5.41) is 24.0. The predicted octanol–water partition coefficient (Wildman–Crippen LogP) is 2.55. The van der Waals surface area contributed by atoms with Gasteiger partial charge in [0.2, 0.25) is 5.95 Å². The number of amides is 1. The molecule has 5 N–H and O–H groups in total. The van der Waals surface area contributed by atoms with Crippen molar-refractivity contribution in [3.05, 3.63) is 53.2 Å². The van der Waals surface area contributed by atoms with Gasteiger partial charge in [0.25, 0.3) is 5.91 Å². The molecule has 0 unspecified atom stereocenters. The van der Waals surface area contributed by atoms with Crippen molar-refractivity contribution in [3.8, 4) is 11.5 Å². The van der Waals surface area contributed by atoms with E-state index in [1.54, 1.807) is 25.3 Å². The van der Waals surface area contributed by atoms with Gasteiger partial charge in [0.1, 0.15) is 11.5 Å². The Bertz CT molecular complexity index is 1150. The maximum absolute atomic E-state index is 11.8. The van der Waals surface area contributed by atoms with Gasteiger partial charge < -0.3 is 26.2 Å². The zero-order chi connectivity index (χ0) is 22.7. The molecule has 4 rings (SSSR count). The van der Waals surface area contributed by atoms with Crippen molar-refractivity contribution in [1.29, 1.82) is 0 Å². The monoisotopic (exact) mass is 435 g/mol. The molecule has 3 aromatic rings. The Morgan fingerprint density at radius 2 is 2.00 bits per heavy atom. The van der Waals surface area contributed by atoms with Crippen LogP contribution in [0.25, 0.3) is 0 Å². The van der Waals surface area contributed by atoms with Crippen molar-refractivity contribution >= 4 is 29.0 Å². The highest BCUT2D eigenvalue weighted by atomic mass is 16.5. The van der Waals surface area contributed by atoms with Crippen LogP contribution in [0.15, 0.2) is 36.4 Å². The van der Waals surface area contributed by atoms with E-state index >= 15 is 0 Å². The number of aromatic nitrogens is 3. The SMILES string of the molecule is CCN1CCc2cc(OC)c(Nc3nnc(C(N)=O)c(Nc4ccccc4O)n3)cc2C1. The minimum Gasteiger partial charge on any atom is -0.506 e. The number of para-hydroxylation sites is 2. The average Bonchev–Trinajstić information content (AvgIpc) is 2.79. The third kappa shape index (κ3) is 4.40. The van der Waals surface area contributed by atoms with Crippen LogP contribution in [0, 0.1) is 0 Å². The van der Waals surface area contributed by atoms with E-state index in [-0.39, 0.29) is 23.2 Å². The van der Waals surface area contributed by atoms with Gasteiger partial charge in [0.05, 0.1) is 18.5 Å². The van der Waals surface area contributed by atoms with Gasteiger partial charge in [-0.25, -0.2) is 0 Å². The molecular formula is C22H25N7O3. The van der Waals surface area contributed by atoms with E-state index in [1.807, 2.05) is 12.1 Å². The summed E-state index contributed by atoms with van der Waals surface area (Å²) in [6, 6.07) is 10.6. The lowest BCUT2D eigenvalue weighted by Crippen LogP contribution is -2.30. The lowest BCUT2D eigenvalue weighted by molar-refractivity contribution is 0.0995. The number of anilines is 4. The van der Waals surface area contributed by atoms with Gasteiger partial charge in [-0.2, -0.15) is 4.98 Å². The number of nitrogens with one attached hydrogen (secondary N) is 2. The highest BCUT2D eigenvalue weighted by Crippen LogP contribution is 2.33. The number of ether oxygens (including phenoxy) is 1. The van der Waals surface area contributed by atoms with Gasteiger partial charge in [-0.3, -0.25) is 9.69 Å². The number of likely N-dealkylation sites (N-methyl/N-ethyl adjacent to an activating group) is 1. The zero-order valence-electron chi connectivity index (χ0n) is 17.9. The number of methoxy groups -OCH3 is 1. The maximum Gasteiger partial charge on any atom is 0.273 e. The Hall–Kier alpha value is -3.92. The molecule has 0 spiro atoms. The zero-order valence-corrected chi connectivity index (χ0v) is 17.9. The molecule has 166 valence electrons. The molecule has 0 bridgehead atoms. The molecular weight excluding hydrogens is 410 g/mol. The number of primary amides is 1. The maximum atomic E-state index is 11.8. The van der Waals surface area contributed by atoms with E-state index in [0.717, 1.165) is 26.1 Å². The minimum atomic E-state index is -0.791. The van der Waals surface area contributed by atoms with Crippen molar-refractivity contribution in [2.45, 2.75) is 19.9 Å². The molecule has 1 aliphatic heterocycles. The first kappa shape index (κ1) is 21.3. The van der Waals surface area contributed by atoms with Crippen LogP contribution in [-0.4, -0.2) is 51.3 Å². The van der Waals surface area contributed by atoms with E-state index < -0.39 is 5.91 Å². The Kier molecular flexibility index (Phi) is 6.04. The summed E-state index contributed by atoms with van der Waals surface area (Å²) in [7, 11) is 1.61. The first-order valence-electron chi connectivity index (χ1n) is 10.3. The van der Waals surface area contributed by atoms with E-state index in [0.29, 0.717) is 17.1 Å². The molecule has 0 saturated heterocycles. The summed E-state index contributed by atoms with van der Waals surface area (Å²) in [6.45, 7) is 5.00. The number of phenols is 1. The third-order valence-electron chi connectivity index (χ3n) is 5.38. The van der Waals surface area contributed by atoms with Crippen molar-refractivity contribution in [2.75, 3.05) is 30.8 Å². The molecule has 0 saturated carbocycles. The van der Waals surface area contributed by atoms with Crippen LogP contribution >= 0.6 is 0 Å². The number of benzene rings is 2. The molecule has 10 heteroatoms. The topological polar surface area (TPSA) is 139 Å². The number of phenolic OH excluding ortho intramolecular Hbond substituents is 1. The van der Waals surface area contributed by atoms with Gasteiger partial charge in [-0.15, -0.1) is 10.2 Å². The Balaban J connectivity index is 1.67. The van der Waals surface area contributed by atoms with Gasteiger partial charge in [-0.05, 0) is 48.4 Å². The number of hydrogen-bond donors (Lipinski definition) is 4. The number of carbonyl (C=O) groups excluding carboxylic acids is 1. The molecule has 0 aliphatic carbocycles. The predicted molar refractivity (Wildman–Crippen MR) is 121 cm³/mol. The number of nitrogens with zero attached hydrogens (tertiary/aromatic N) is 4. The van der Waals surface area contributed by atoms with Crippen LogP contribution in [0.4, 0.5) is 23.1 Å². The highest BCUT2D eigenvalue weighted by Gasteiger charge is 2.20. The molecule has 10 nitrogen and oxygen atoms in total. The van der Waals surface area contributed by atoms with Gasteiger partial charge in [-0.1, -0.05) is 19.1 Å². The molecule has 1 aliphatic rings. The molecule has 0 fully saturated rings. The first-order chi connectivity index (χ1) is 15.5. The van der Waals surface area contributed by atoms with Gasteiger partial charge in [0.15, 0.2) is 11.5 Å². The number of carbonyl (C=O) groups is 1. The van der Waals surface area contributed by atoms with E-state index in [1.165, 1.54) is 17.2 Å². The molecule has 1 amide bonds. The lowest BCUT2D eigenvalue weighted by Gasteiger charge is -2.28. The Morgan fingerprint density at radius 3 is 2.72 bits per heavy atom. The van der Waals surface area contributed by atoms with Crippen LogP contribution in [0.2, 0.25) is 0 Å². The van der Waals surface area contributed by atoms with Crippen LogP contribution in [-0.2, 0) is 13.0 Å². The van der Waals surface area contributed by atoms with Crippen LogP contribution in [0.3, 0.4) is 0 Å². The number of nitrogens with two attached hydrogens (primary N) is 1. The quantitative estimate of drug-likeness (QED) is 0.412. The fourth-order valence-electron chi connectivity index (χ4n) is 3.64. The fourth-order valence-corrected chi connectivity index (χ4v) is 3.64. The fraction of sp³-hybridized carbons (Fsp3) is 0.273. The van der Waals surface area contributed by atoms with Crippen molar-refractivity contribution in [1.82, 2.24) is 20.1 Å². The molecule has 2 heterocycles. The second kappa shape index (κ2) is 9.06. The van der Waals surface area contributed by atoms with E-state index in [9.17, 15) is 9.90 Å². The Labute approximate surface area is 185 Å². The standard InChI is InChI=1S/C22H25N7O3/c1-3-29-9-8-13-11-18(32-2)16(10-14(13)12-29)25-22-26-21(19(20(23)31)27-28-22)24-15-6-4-5-7-17(15)30/h4-7,10-11,30H,3,8-9,12H2,1-2H3,(H2,23,31)(H2,24,25,26,28). The molecule has 1 aromatic heterocycles. The molecule has 0 radical (unpaired) electrons. The average molecular weight is 435 g/mol. The van der Waals surface area contributed by atoms with E-state index in [2.05, 4.69) is 37.6 Å². The second-order valence-electron chi connectivity index (χ2n) is 7.40. The lowest BCUT2D eigenvalue weighted by atomic mass is 9.98. The molecule has 0 atom stereocenters. The number of aromatic hydroxyl groups is 1. The third-order valence-corrected chi connectivity index (χ3v) is 5.38. The first-order valence-corrected chi connectivity index (χ1v) is 10.3. The highest BCUT2D eigenvalue weighted by molar-refractivity contribution is 5.96. The van der Waals surface area contributed by atoms with E-state index in [4.69, 9.17) is 10.5 Å². The van der Waals surface area contributed by atoms with Crippen molar-refractivity contribution in [2.24, 2.45) is 5.73 Å². The summed E-state index contributed by atoms with van der Waals surface area (Å²) >= 11 is 0. The van der Waals surface area contributed by atoms with Crippen LogP contribution in [0.5, 0.6) is 11.5 Å². The summed E-state index contributed by atoms with van der Waals surface area (Å²) in [4.78, 5) is 18.6. The van der Waals surface area contributed by atoms with Crippen molar-refractivity contribution in [3.63, 3.8) is 0 Å². The van der Waals surface area contributed by atoms with Crippen LogP contribution < -0.4 is 21.1 Å². The summed E-state index contributed by atoms with van der Waals surface area (Å²) in [5.74, 6) is 0.0831. The minimum absolute atomic E-state index is 0.00660. The normalized spacial score (nSPS) is 13.3. The van der Waals surface area contributed by atoms with Crippen molar-refractivity contribution < 1.29 is 14.6 Å². The van der Waals surface area contributed by atoms with Gasteiger partial charge >= 0.3 is 0 Å².